The van der Waals surface area contributed by atoms with E-state index in [4.69, 9.17) is 10.5 Å². The van der Waals surface area contributed by atoms with Crippen LogP contribution in [0.1, 0.15) is 45.4 Å². The molecular weight excluding hydrogens is 224 g/mol. The van der Waals surface area contributed by atoms with Gasteiger partial charge in [-0.2, -0.15) is 0 Å². The summed E-state index contributed by atoms with van der Waals surface area (Å²) in [7, 11) is 0. The molecule has 104 valence electrons. The predicted molar refractivity (Wildman–Crippen MR) is 73.5 cm³/mol. The fourth-order valence-electron chi connectivity index (χ4n) is 4.10. The van der Waals surface area contributed by atoms with E-state index in [1.807, 2.05) is 0 Å². The standard InChI is InChI=1S/C15H28N2O/c1-12-4-6-15(10-16,7-5-12)11-17-8-13-2-3-14(9-17)18-13/h12-14H,2-11,16H2,1H3. The van der Waals surface area contributed by atoms with Crippen molar-refractivity contribution in [1.82, 2.24) is 4.90 Å². The largest absolute Gasteiger partial charge is 0.372 e. The van der Waals surface area contributed by atoms with Crippen LogP contribution in [0.4, 0.5) is 0 Å². The number of nitrogens with two attached hydrogens (primary N) is 1. The third-order valence-electron chi connectivity index (χ3n) is 5.45. The van der Waals surface area contributed by atoms with Gasteiger partial charge in [-0.15, -0.1) is 0 Å². The highest BCUT2D eigenvalue weighted by Gasteiger charge is 2.39. The van der Waals surface area contributed by atoms with E-state index in [0.29, 0.717) is 17.6 Å². The van der Waals surface area contributed by atoms with Gasteiger partial charge in [0.1, 0.15) is 0 Å². The lowest BCUT2D eigenvalue weighted by Gasteiger charge is -2.44. The maximum Gasteiger partial charge on any atom is 0.0707 e. The zero-order valence-electron chi connectivity index (χ0n) is 11.7. The minimum atomic E-state index is 0.406. The third kappa shape index (κ3) is 2.59. The number of morpholine rings is 1. The molecule has 2 aliphatic heterocycles. The monoisotopic (exact) mass is 252 g/mol. The lowest BCUT2D eigenvalue weighted by atomic mass is 9.70. The SMILES string of the molecule is CC1CCC(CN)(CN2CC3CCC(C2)O3)CC1. The highest BCUT2D eigenvalue weighted by Crippen LogP contribution is 2.39. The first kappa shape index (κ1) is 12.9. The van der Waals surface area contributed by atoms with Gasteiger partial charge in [-0.25, -0.2) is 0 Å². The number of rotatable bonds is 3. The summed E-state index contributed by atoms with van der Waals surface area (Å²) in [6.45, 7) is 6.76. The Morgan fingerprint density at radius 2 is 1.72 bits per heavy atom. The van der Waals surface area contributed by atoms with Crippen molar-refractivity contribution in [3.8, 4) is 0 Å². The van der Waals surface area contributed by atoms with Crippen molar-refractivity contribution in [2.45, 2.75) is 57.7 Å². The van der Waals surface area contributed by atoms with Gasteiger partial charge in [0.25, 0.3) is 0 Å². The van der Waals surface area contributed by atoms with E-state index in [1.54, 1.807) is 0 Å². The summed E-state index contributed by atoms with van der Waals surface area (Å²) in [5.74, 6) is 0.908. The summed E-state index contributed by atoms with van der Waals surface area (Å²) in [6.07, 6.45) is 8.97. The Kier molecular flexibility index (Phi) is 3.65. The highest BCUT2D eigenvalue weighted by molar-refractivity contribution is 4.92. The molecule has 18 heavy (non-hydrogen) atoms. The summed E-state index contributed by atoms with van der Waals surface area (Å²) in [4.78, 5) is 2.65. The van der Waals surface area contributed by atoms with Crippen LogP contribution in [0.15, 0.2) is 0 Å². The van der Waals surface area contributed by atoms with Gasteiger partial charge in [-0.1, -0.05) is 19.8 Å². The smallest absolute Gasteiger partial charge is 0.0707 e. The Morgan fingerprint density at radius 1 is 1.11 bits per heavy atom. The summed E-state index contributed by atoms with van der Waals surface area (Å²) in [5, 5.41) is 0. The summed E-state index contributed by atoms with van der Waals surface area (Å²) >= 11 is 0. The van der Waals surface area contributed by atoms with Crippen molar-refractivity contribution < 1.29 is 4.74 Å². The molecule has 2 atom stereocenters. The van der Waals surface area contributed by atoms with Crippen molar-refractivity contribution in [2.24, 2.45) is 17.1 Å². The first-order valence-electron chi connectivity index (χ1n) is 7.77. The fourth-order valence-corrected chi connectivity index (χ4v) is 4.10. The summed E-state index contributed by atoms with van der Waals surface area (Å²) in [6, 6.07) is 0. The van der Waals surface area contributed by atoms with Gasteiger partial charge >= 0.3 is 0 Å². The van der Waals surface area contributed by atoms with E-state index in [0.717, 1.165) is 25.6 Å². The van der Waals surface area contributed by atoms with Crippen LogP contribution in [0.5, 0.6) is 0 Å². The van der Waals surface area contributed by atoms with Crippen LogP contribution < -0.4 is 5.73 Å². The van der Waals surface area contributed by atoms with Crippen molar-refractivity contribution in [3.05, 3.63) is 0 Å². The molecule has 3 heteroatoms. The van der Waals surface area contributed by atoms with Crippen molar-refractivity contribution in [1.29, 1.82) is 0 Å². The maximum atomic E-state index is 6.13. The van der Waals surface area contributed by atoms with Gasteiger partial charge in [0.15, 0.2) is 0 Å². The molecule has 1 saturated carbocycles. The molecule has 0 aromatic carbocycles. The Hall–Kier alpha value is -0.120. The van der Waals surface area contributed by atoms with Crippen molar-refractivity contribution in [3.63, 3.8) is 0 Å². The molecule has 2 N–H and O–H groups in total. The molecule has 2 saturated heterocycles. The van der Waals surface area contributed by atoms with Crippen LogP contribution in [0.25, 0.3) is 0 Å². The lowest BCUT2D eigenvalue weighted by molar-refractivity contribution is -0.0544. The first-order chi connectivity index (χ1) is 8.69. The molecule has 0 aromatic rings. The van der Waals surface area contributed by atoms with Gasteiger partial charge in [0.05, 0.1) is 12.2 Å². The maximum absolute atomic E-state index is 6.13. The van der Waals surface area contributed by atoms with E-state index in [2.05, 4.69) is 11.8 Å². The van der Waals surface area contributed by atoms with Crippen LogP contribution in [0.3, 0.4) is 0 Å². The van der Waals surface area contributed by atoms with Gasteiger partial charge in [0.2, 0.25) is 0 Å². The molecule has 3 aliphatic rings. The lowest BCUT2D eigenvalue weighted by Crippen LogP contribution is -2.50. The predicted octanol–water partition coefficient (Wildman–Crippen LogP) is 2.00. The Bertz CT molecular complexity index is 274. The normalized spacial score (nSPS) is 45.3. The molecule has 2 bridgehead atoms. The van der Waals surface area contributed by atoms with Gasteiger partial charge in [-0.3, -0.25) is 4.90 Å². The zero-order valence-corrected chi connectivity index (χ0v) is 11.7. The van der Waals surface area contributed by atoms with Crippen LogP contribution >= 0.6 is 0 Å². The molecule has 2 unspecified atom stereocenters. The second-order valence-electron chi connectivity index (χ2n) is 7.04. The van der Waals surface area contributed by atoms with E-state index in [9.17, 15) is 0 Å². The molecule has 3 nitrogen and oxygen atoms in total. The number of hydrogen-bond acceptors (Lipinski definition) is 3. The number of hydrogen-bond donors (Lipinski definition) is 1. The third-order valence-corrected chi connectivity index (χ3v) is 5.45. The minimum absolute atomic E-state index is 0.406. The van der Waals surface area contributed by atoms with E-state index >= 15 is 0 Å². The number of likely N-dealkylation sites (tertiary alicyclic amines) is 1. The van der Waals surface area contributed by atoms with Gasteiger partial charge in [-0.05, 0) is 43.6 Å². The summed E-state index contributed by atoms with van der Waals surface area (Å²) in [5.41, 5.74) is 6.53. The highest BCUT2D eigenvalue weighted by atomic mass is 16.5. The van der Waals surface area contributed by atoms with Crippen LogP contribution in [0.2, 0.25) is 0 Å². The van der Waals surface area contributed by atoms with Crippen LogP contribution in [-0.4, -0.2) is 43.3 Å². The quantitative estimate of drug-likeness (QED) is 0.835. The van der Waals surface area contributed by atoms with E-state index in [-0.39, 0.29) is 0 Å². The second-order valence-corrected chi connectivity index (χ2v) is 7.04. The average molecular weight is 252 g/mol. The molecule has 0 spiro atoms. The molecule has 3 rings (SSSR count). The average Bonchev–Trinajstić information content (AvgIpc) is 2.72. The Balaban J connectivity index is 1.60. The van der Waals surface area contributed by atoms with Crippen LogP contribution in [0, 0.1) is 11.3 Å². The molecule has 0 radical (unpaired) electrons. The van der Waals surface area contributed by atoms with E-state index in [1.165, 1.54) is 45.1 Å². The molecule has 2 heterocycles. The topological polar surface area (TPSA) is 38.5 Å². The molecule has 0 amide bonds. The molecule has 0 aromatic heterocycles. The van der Waals surface area contributed by atoms with Gasteiger partial charge in [0, 0.05) is 19.6 Å². The van der Waals surface area contributed by atoms with Gasteiger partial charge < -0.3 is 10.5 Å². The Labute approximate surface area is 111 Å². The zero-order chi connectivity index (χ0) is 12.6. The number of nitrogens with zero attached hydrogens (tertiary/aromatic N) is 1. The fraction of sp³-hybridized carbons (Fsp3) is 1.00. The molecular formula is C15H28N2O. The molecule has 1 aliphatic carbocycles. The molecule has 3 fully saturated rings. The van der Waals surface area contributed by atoms with Crippen molar-refractivity contribution in [2.75, 3.05) is 26.2 Å². The first-order valence-corrected chi connectivity index (χ1v) is 7.77. The van der Waals surface area contributed by atoms with E-state index < -0.39 is 0 Å². The number of ether oxygens (including phenoxy) is 1. The minimum Gasteiger partial charge on any atom is -0.372 e. The summed E-state index contributed by atoms with van der Waals surface area (Å²) < 4.78 is 5.93. The van der Waals surface area contributed by atoms with Crippen LogP contribution in [-0.2, 0) is 4.74 Å². The Morgan fingerprint density at radius 3 is 2.28 bits per heavy atom. The number of fused-ring (bicyclic) bond motifs is 2. The second kappa shape index (κ2) is 5.10. The van der Waals surface area contributed by atoms with Crippen molar-refractivity contribution >= 4 is 0 Å².